The average Bonchev–Trinajstić information content (AvgIpc) is 3.62. The number of aliphatic hydroxyl groups excluding tert-OH is 2. The van der Waals surface area contributed by atoms with E-state index >= 15 is 0 Å². The number of aromatic nitrogens is 4. The minimum Gasteiger partial charge on any atom is -0.386 e. The molecule has 2 amide bonds. The average molecular weight is 864 g/mol. The van der Waals surface area contributed by atoms with Gasteiger partial charge in [0.15, 0.2) is 17.7 Å². The minimum absolute atomic E-state index is 0.0308. The molecule has 0 aliphatic carbocycles. The first-order valence-corrected chi connectivity index (χ1v) is 21.6. The van der Waals surface area contributed by atoms with E-state index in [9.17, 15) is 58.2 Å². The number of carbonyl (C=O) groups excluding carboxylic acids is 2. The molecule has 0 radical (unpaired) electrons. The van der Waals surface area contributed by atoms with Gasteiger partial charge in [-0.05, 0) is 13.0 Å². The van der Waals surface area contributed by atoms with Gasteiger partial charge in [0.05, 0.1) is 25.1 Å². The summed E-state index contributed by atoms with van der Waals surface area (Å²) in [6, 6.07) is 0. The van der Waals surface area contributed by atoms with Crippen LogP contribution in [0.25, 0.3) is 11.2 Å². The first-order valence-electron chi connectivity index (χ1n) is 15.9. The van der Waals surface area contributed by atoms with Crippen molar-refractivity contribution >= 4 is 64.0 Å². The van der Waals surface area contributed by atoms with Crippen LogP contribution in [-0.4, -0.2) is 134 Å². The molecule has 2 aromatic rings. The number of rotatable bonds is 22. The Balaban J connectivity index is 1.50. The maximum Gasteiger partial charge on any atom is 0.481 e. The van der Waals surface area contributed by atoms with Gasteiger partial charge in [-0.2, -0.15) is 16.1 Å². The van der Waals surface area contributed by atoms with E-state index in [0.717, 1.165) is 17.2 Å². The number of nitrogens with one attached hydrogen (secondary N) is 2. The quantitative estimate of drug-likeness (QED) is 0.0395. The van der Waals surface area contributed by atoms with E-state index < -0.39 is 90.2 Å². The van der Waals surface area contributed by atoms with Crippen LogP contribution in [0.4, 0.5) is 5.82 Å². The third kappa shape index (κ3) is 14.4. The molecule has 55 heavy (non-hydrogen) atoms. The molecule has 1 aliphatic heterocycles. The number of phosphoric ester groups is 3. The number of amides is 2. The van der Waals surface area contributed by atoms with E-state index in [4.69, 9.17) is 19.5 Å². The van der Waals surface area contributed by atoms with Gasteiger partial charge in [0.2, 0.25) is 11.8 Å². The molecule has 3 rings (SSSR count). The molecule has 1 saturated heterocycles. The first-order chi connectivity index (χ1) is 25.4. The van der Waals surface area contributed by atoms with Crippen molar-refractivity contribution in [2.45, 2.75) is 63.4 Å². The summed E-state index contributed by atoms with van der Waals surface area (Å²) in [5.74, 6) is -0.569. The number of carbonyl (C=O) groups is 2. The molecule has 0 saturated carbocycles. The summed E-state index contributed by atoms with van der Waals surface area (Å²) in [6.07, 6.45) is -5.46. The second-order valence-electron chi connectivity index (χ2n) is 12.8. The largest absolute Gasteiger partial charge is 0.481 e. The van der Waals surface area contributed by atoms with Crippen molar-refractivity contribution in [3.05, 3.63) is 31.0 Å². The molecule has 0 aromatic carbocycles. The highest BCUT2D eigenvalue weighted by Crippen LogP contribution is 2.61. The van der Waals surface area contributed by atoms with Crippen LogP contribution >= 0.6 is 35.2 Å². The Bertz CT molecular complexity index is 1860. The van der Waals surface area contributed by atoms with Crippen molar-refractivity contribution in [2.75, 3.05) is 43.5 Å². The smallest absolute Gasteiger partial charge is 0.386 e. The second kappa shape index (κ2) is 19.2. The molecule has 1 fully saturated rings. The summed E-state index contributed by atoms with van der Waals surface area (Å²) in [5, 5.41) is 36.4. The number of thioether (sulfide) groups is 1. The van der Waals surface area contributed by atoms with E-state index in [1.165, 1.54) is 31.7 Å². The predicted molar refractivity (Wildman–Crippen MR) is 191 cm³/mol. The van der Waals surface area contributed by atoms with Crippen LogP contribution in [0, 0.1) is 5.41 Å². The number of anilines is 1. The maximum atomic E-state index is 12.7. The van der Waals surface area contributed by atoms with E-state index in [1.807, 2.05) is 0 Å². The summed E-state index contributed by atoms with van der Waals surface area (Å²) in [6.45, 7) is 5.60. The molecule has 310 valence electrons. The van der Waals surface area contributed by atoms with Crippen LogP contribution in [0.3, 0.4) is 0 Å². The second-order valence-corrected chi connectivity index (χ2v) is 18.2. The lowest BCUT2D eigenvalue weighted by Gasteiger charge is -2.30. The number of nitrogens with two attached hydrogens (primary N) is 1. The molecule has 1 aliphatic rings. The molecule has 0 bridgehead atoms. The monoisotopic (exact) mass is 863 g/mol. The zero-order valence-electron chi connectivity index (χ0n) is 29.6. The van der Waals surface area contributed by atoms with Crippen molar-refractivity contribution in [1.82, 2.24) is 30.2 Å². The molecule has 3 unspecified atom stereocenters. The lowest BCUT2D eigenvalue weighted by molar-refractivity contribution is -0.137. The van der Waals surface area contributed by atoms with Crippen molar-refractivity contribution < 1.29 is 80.8 Å². The van der Waals surface area contributed by atoms with E-state index in [0.29, 0.717) is 11.5 Å². The van der Waals surface area contributed by atoms with Crippen LogP contribution in [-0.2, 0) is 45.9 Å². The van der Waals surface area contributed by atoms with E-state index in [1.54, 1.807) is 6.92 Å². The van der Waals surface area contributed by atoms with E-state index in [-0.39, 0.29) is 36.5 Å². The van der Waals surface area contributed by atoms with Crippen LogP contribution in [0.2, 0.25) is 0 Å². The highest BCUT2D eigenvalue weighted by molar-refractivity contribution is 7.99. The van der Waals surface area contributed by atoms with Gasteiger partial charge < -0.3 is 56.0 Å². The Kier molecular flexibility index (Phi) is 16.3. The number of fused-ring (bicyclic) bond motifs is 1. The van der Waals surface area contributed by atoms with Gasteiger partial charge in [-0.15, -0.1) is 5.73 Å². The van der Waals surface area contributed by atoms with Crippen LogP contribution < -0.4 is 16.4 Å². The number of nitrogen functional groups attached to an aromatic ring is 1. The molecule has 2 aromatic heterocycles. The highest BCUT2D eigenvalue weighted by Gasteiger charge is 2.50. The van der Waals surface area contributed by atoms with Gasteiger partial charge >= 0.3 is 23.5 Å². The lowest BCUT2D eigenvalue weighted by atomic mass is 9.87. The third-order valence-corrected chi connectivity index (χ3v) is 11.8. The van der Waals surface area contributed by atoms with Gasteiger partial charge in [0, 0.05) is 36.4 Å². The van der Waals surface area contributed by atoms with Gasteiger partial charge in [-0.1, -0.05) is 20.4 Å². The molecule has 3 heterocycles. The fourth-order valence-electron chi connectivity index (χ4n) is 4.74. The molecule has 11 N–H and O–H groups in total. The standard InChI is InChI=1S/C27H44N7O17P3S/c1-5-7-27(4,39)13-55-10-9-29-17(35)6-8-30-24(38)21(37)26(2,3)12-48-54(45,46)51-53(43,44)47-11-16-20(50-52(40,41)42)19(36)25(49-16)34-15-33-18-22(28)31-14-32-23(18)34/h7,14-16,19-21,25,36-37,39H,1,6,8-13H2,2-4H3,(H,29,35)(H,30,38)(H,43,44)(H,45,46)(H2,28,31,32)(H2,40,41,42)/t16-,19-,20-,21+,25-,27?/m1/s1. The normalized spacial score (nSPS) is 22.9. The lowest BCUT2D eigenvalue weighted by Crippen LogP contribution is -2.46. The summed E-state index contributed by atoms with van der Waals surface area (Å²) in [5.41, 5.74) is 5.68. The number of aliphatic hydroxyl groups is 3. The fraction of sp³-hybridized carbons (Fsp3) is 0.630. The predicted octanol–water partition coefficient (Wildman–Crippen LogP) is -0.770. The summed E-state index contributed by atoms with van der Waals surface area (Å²) < 4.78 is 62.0. The number of imidazole rings is 1. The first kappa shape index (κ1) is 46.8. The Labute approximate surface area is 317 Å². The summed E-state index contributed by atoms with van der Waals surface area (Å²) in [7, 11) is -16.4. The highest BCUT2D eigenvalue weighted by atomic mass is 32.2. The summed E-state index contributed by atoms with van der Waals surface area (Å²) in [4.78, 5) is 75.5. The number of nitrogens with zero attached hydrogens (tertiary/aromatic N) is 4. The Morgan fingerprint density at radius 1 is 1.13 bits per heavy atom. The van der Waals surface area contributed by atoms with Gasteiger partial charge in [-0.3, -0.25) is 27.7 Å². The Hall–Kier alpha value is -2.63. The van der Waals surface area contributed by atoms with Gasteiger partial charge in [0.25, 0.3) is 0 Å². The topological polar surface area (TPSA) is 367 Å². The molecule has 28 heteroatoms. The molecule has 24 nitrogen and oxygen atoms in total. The van der Waals surface area contributed by atoms with E-state index in [2.05, 4.69) is 46.7 Å². The molecular formula is C27H44N7O17P3S. The Morgan fingerprint density at radius 2 is 1.80 bits per heavy atom. The molecular weight excluding hydrogens is 819 g/mol. The third-order valence-electron chi connectivity index (χ3n) is 7.45. The zero-order valence-corrected chi connectivity index (χ0v) is 33.1. The van der Waals surface area contributed by atoms with Gasteiger partial charge in [-0.25, -0.2) is 28.6 Å². The van der Waals surface area contributed by atoms with Crippen molar-refractivity contribution in [3.8, 4) is 0 Å². The van der Waals surface area contributed by atoms with Crippen molar-refractivity contribution in [1.29, 1.82) is 0 Å². The maximum absolute atomic E-state index is 12.7. The number of ether oxygens (including phenoxy) is 1. The zero-order chi connectivity index (χ0) is 41.4. The minimum atomic E-state index is -5.57. The number of hydrogen-bond acceptors (Lipinski definition) is 18. The number of phosphoric acid groups is 3. The van der Waals surface area contributed by atoms with Crippen LogP contribution in [0.5, 0.6) is 0 Å². The molecule has 0 spiro atoms. The SMILES string of the molecule is C=C=CC(C)(O)CSCCNC(=O)CCNC(=O)[C@H](O)C(C)(C)COP(=O)(O)OP(=O)(O)OC[C@H]1O[C@@H](n2cnc3c(N)ncnc32)[C@H](O)[C@@H]1OP(=O)(O)O. The van der Waals surface area contributed by atoms with Gasteiger partial charge in [0.1, 0.15) is 36.3 Å². The molecule has 8 atom stereocenters. The fourth-order valence-corrected chi connectivity index (χ4v) is 8.46. The van der Waals surface area contributed by atoms with Crippen LogP contribution in [0.15, 0.2) is 31.0 Å². The number of hydrogen-bond donors (Lipinski definition) is 10. The van der Waals surface area contributed by atoms with Crippen LogP contribution in [0.1, 0.15) is 33.4 Å². The Morgan fingerprint density at radius 3 is 2.45 bits per heavy atom. The van der Waals surface area contributed by atoms with Crippen molar-refractivity contribution in [3.63, 3.8) is 0 Å². The van der Waals surface area contributed by atoms with Crippen molar-refractivity contribution in [2.24, 2.45) is 5.41 Å². The summed E-state index contributed by atoms with van der Waals surface area (Å²) >= 11 is 1.38.